The van der Waals surface area contributed by atoms with Gasteiger partial charge in [-0.15, -0.1) is 0 Å². The van der Waals surface area contributed by atoms with Crippen LogP contribution in [0.2, 0.25) is 0 Å². The number of carbonyl (C=O) groups is 1. The maximum atomic E-state index is 10.3. The van der Waals surface area contributed by atoms with Crippen LogP contribution >= 0.6 is 0 Å². The number of nitrogens with two attached hydrogens (primary N) is 1. The van der Waals surface area contributed by atoms with Gasteiger partial charge in [-0.25, -0.2) is 0 Å². The van der Waals surface area contributed by atoms with Crippen LogP contribution in [-0.4, -0.2) is 11.4 Å². The summed E-state index contributed by atoms with van der Waals surface area (Å²) in [5.41, 5.74) is 5.89. The highest BCUT2D eigenvalue weighted by Gasteiger charge is 1.84. The molecule has 0 bridgehead atoms. The Bertz CT molecular complexity index is 267. The first kappa shape index (κ1) is 10.4. The van der Waals surface area contributed by atoms with Crippen LogP contribution in [0.25, 0.3) is 6.08 Å². The third kappa shape index (κ3) is 3.53. The Morgan fingerprint density at radius 2 is 1.83 bits per heavy atom. The van der Waals surface area contributed by atoms with Crippen LogP contribution in [0.1, 0.15) is 5.56 Å². The number of primary amides is 1. The summed E-state index contributed by atoms with van der Waals surface area (Å²) in [6.07, 6.45) is 3.03. The van der Waals surface area contributed by atoms with Crippen molar-refractivity contribution < 1.29 is 10.3 Å². The van der Waals surface area contributed by atoms with Gasteiger partial charge in [0.2, 0.25) is 5.91 Å². The van der Waals surface area contributed by atoms with E-state index in [2.05, 4.69) is 0 Å². The normalized spacial score (nSPS) is 9.33. The van der Waals surface area contributed by atoms with Crippen molar-refractivity contribution in [3.05, 3.63) is 42.0 Å². The van der Waals surface area contributed by atoms with Gasteiger partial charge < -0.3 is 11.2 Å². The molecule has 3 nitrogen and oxygen atoms in total. The van der Waals surface area contributed by atoms with Crippen molar-refractivity contribution in [3.63, 3.8) is 0 Å². The van der Waals surface area contributed by atoms with E-state index >= 15 is 0 Å². The van der Waals surface area contributed by atoms with Crippen molar-refractivity contribution in [3.8, 4) is 0 Å². The van der Waals surface area contributed by atoms with Gasteiger partial charge in [0, 0.05) is 6.08 Å². The molecule has 1 aromatic rings. The fourth-order valence-electron chi connectivity index (χ4n) is 0.743. The molecule has 0 atom stereocenters. The van der Waals surface area contributed by atoms with Crippen LogP contribution in [0.15, 0.2) is 36.4 Å². The number of carbonyl (C=O) groups excluding carboxylic acids is 1. The van der Waals surface area contributed by atoms with Crippen molar-refractivity contribution in [1.29, 1.82) is 0 Å². The minimum atomic E-state index is -0.422. The molecule has 12 heavy (non-hydrogen) atoms. The number of amides is 1. The van der Waals surface area contributed by atoms with Crippen LogP contribution in [-0.2, 0) is 4.79 Å². The average Bonchev–Trinajstić information content (AvgIpc) is 2.03. The van der Waals surface area contributed by atoms with Crippen molar-refractivity contribution in [2.45, 2.75) is 0 Å². The Kier molecular flexibility index (Phi) is 4.41. The van der Waals surface area contributed by atoms with Gasteiger partial charge in [-0.2, -0.15) is 0 Å². The van der Waals surface area contributed by atoms with E-state index in [0.29, 0.717) is 0 Å². The molecule has 1 amide bonds. The molecule has 0 unspecified atom stereocenters. The molecule has 0 aromatic heterocycles. The summed E-state index contributed by atoms with van der Waals surface area (Å²) in [6.45, 7) is 0. The SMILES string of the molecule is NC(=O)/C=C/c1ccccc1.O. The first-order valence-electron chi connectivity index (χ1n) is 3.31. The monoisotopic (exact) mass is 165 g/mol. The van der Waals surface area contributed by atoms with E-state index < -0.39 is 5.91 Å². The first-order valence-corrected chi connectivity index (χ1v) is 3.31. The fraction of sp³-hybridized carbons (Fsp3) is 0. The first-order chi connectivity index (χ1) is 5.29. The molecule has 0 aliphatic heterocycles. The smallest absolute Gasteiger partial charge is 0.241 e. The van der Waals surface area contributed by atoms with Crippen molar-refractivity contribution in [2.24, 2.45) is 5.73 Å². The molecule has 0 radical (unpaired) electrons. The Morgan fingerprint density at radius 1 is 1.25 bits per heavy atom. The summed E-state index contributed by atoms with van der Waals surface area (Å²) in [5.74, 6) is -0.422. The van der Waals surface area contributed by atoms with E-state index in [-0.39, 0.29) is 5.48 Å². The van der Waals surface area contributed by atoms with E-state index in [0.717, 1.165) is 5.56 Å². The Hall–Kier alpha value is -1.61. The van der Waals surface area contributed by atoms with Gasteiger partial charge >= 0.3 is 0 Å². The van der Waals surface area contributed by atoms with E-state index in [4.69, 9.17) is 5.73 Å². The molecule has 64 valence electrons. The lowest BCUT2D eigenvalue weighted by molar-refractivity contribution is -0.113. The molecule has 3 heteroatoms. The number of hydrogen-bond acceptors (Lipinski definition) is 1. The fourth-order valence-corrected chi connectivity index (χ4v) is 0.743. The Labute approximate surface area is 70.8 Å². The highest BCUT2D eigenvalue weighted by Crippen LogP contribution is 1.99. The quantitative estimate of drug-likeness (QED) is 0.631. The van der Waals surface area contributed by atoms with Crippen molar-refractivity contribution >= 4 is 12.0 Å². The van der Waals surface area contributed by atoms with Crippen LogP contribution < -0.4 is 5.73 Å². The molecule has 4 N–H and O–H groups in total. The second-order valence-corrected chi connectivity index (χ2v) is 2.15. The highest BCUT2D eigenvalue weighted by molar-refractivity contribution is 5.90. The number of benzene rings is 1. The van der Waals surface area contributed by atoms with Gasteiger partial charge in [-0.1, -0.05) is 30.3 Å². The predicted molar refractivity (Wildman–Crippen MR) is 48.3 cm³/mol. The molecule has 0 saturated heterocycles. The average molecular weight is 165 g/mol. The predicted octanol–water partition coefficient (Wildman–Crippen LogP) is 0.360. The molecular formula is C9H11NO2. The zero-order valence-corrected chi connectivity index (χ0v) is 6.53. The molecule has 0 aliphatic carbocycles. The summed E-state index contributed by atoms with van der Waals surface area (Å²) in [6, 6.07) is 9.53. The molecule has 0 heterocycles. The largest absolute Gasteiger partial charge is 0.412 e. The summed E-state index contributed by atoms with van der Waals surface area (Å²) < 4.78 is 0. The third-order valence-electron chi connectivity index (χ3n) is 1.24. The van der Waals surface area contributed by atoms with Crippen LogP contribution in [0.5, 0.6) is 0 Å². The van der Waals surface area contributed by atoms with Crippen LogP contribution in [0.4, 0.5) is 0 Å². The molecule has 1 aromatic carbocycles. The highest BCUT2D eigenvalue weighted by atomic mass is 16.1. The molecule has 0 aliphatic rings. The lowest BCUT2D eigenvalue weighted by Gasteiger charge is -1.88. The lowest BCUT2D eigenvalue weighted by Crippen LogP contribution is -2.04. The number of hydrogen-bond donors (Lipinski definition) is 1. The maximum Gasteiger partial charge on any atom is 0.241 e. The second kappa shape index (κ2) is 5.09. The zero-order chi connectivity index (χ0) is 8.10. The maximum absolute atomic E-state index is 10.3. The van der Waals surface area contributed by atoms with E-state index in [1.807, 2.05) is 30.3 Å². The van der Waals surface area contributed by atoms with E-state index in [1.54, 1.807) is 6.08 Å². The van der Waals surface area contributed by atoms with Crippen LogP contribution in [0, 0.1) is 0 Å². The van der Waals surface area contributed by atoms with E-state index in [9.17, 15) is 4.79 Å². The minimum Gasteiger partial charge on any atom is -0.412 e. The molecular weight excluding hydrogens is 154 g/mol. The van der Waals surface area contributed by atoms with Gasteiger partial charge in [0.25, 0.3) is 0 Å². The van der Waals surface area contributed by atoms with Crippen molar-refractivity contribution in [2.75, 3.05) is 0 Å². The van der Waals surface area contributed by atoms with E-state index in [1.165, 1.54) is 6.08 Å². The topological polar surface area (TPSA) is 74.6 Å². The lowest BCUT2D eigenvalue weighted by atomic mass is 10.2. The summed E-state index contributed by atoms with van der Waals surface area (Å²) >= 11 is 0. The Morgan fingerprint density at radius 3 is 2.33 bits per heavy atom. The minimum absolute atomic E-state index is 0. The molecule has 0 spiro atoms. The van der Waals surface area contributed by atoms with Gasteiger partial charge in [0.15, 0.2) is 0 Å². The van der Waals surface area contributed by atoms with Gasteiger partial charge in [-0.3, -0.25) is 4.79 Å². The van der Waals surface area contributed by atoms with Gasteiger partial charge in [-0.05, 0) is 11.6 Å². The summed E-state index contributed by atoms with van der Waals surface area (Å²) in [5, 5.41) is 0. The van der Waals surface area contributed by atoms with Gasteiger partial charge in [0.05, 0.1) is 0 Å². The van der Waals surface area contributed by atoms with Gasteiger partial charge in [0.1, 0.15) is 0 Å². The number of rotatable bonds is 2. The van der Waals surface area contributed by atoms with Crippen molar-refractivity contribution in [1.82, 2.24) is 0 Å². The second-order valence-electron chi connectivity index (χ2n) is 2.15. The molecule has 0 saturated carbocycles. The Balaban J connectivity index is 0.00000121. The summed E-state index contributed by atoms with van der Waals surface area (Å²) in [7, 11) is 0. The third-order valence-corrected chi connectivity index (χ3v) is 1.24. The zero-order valence-electron chi connectivity index (χ0n) is 6.53. The summed E-state index contributed by atoms with van der Waals surface area (Å²) in [4.78, 5) is 10.3. The van der Waals surface area contributed by atoms with Crippen LogP contribution in [0.3, 0.4) is 0 Å². The molecule has 0 fully saturated rings. The standard InChI is InChI=1S/C9H9NO.H2O/c10-9(11)7-6-8-4-2-1-3-5-8;/h1-7H,(H2,10,11);1H2/b7-6+;. The molecule has 1 rings (SSSR count).